The Morgan fingerprint density at radius 3 is 2.30 bits per heavy atom. The fourth-order valence-electron chi connectivity index (χ4n) is 4.44. The maximum absolute atomic E-state index is 12.4. The van der Waals surface area contributed by atoms with Crippen molar-refractivity contribution in [2.24, 2.45) is 5.92 Å². The van der Waals surface area contributed by atoms with Crippen LogP contribution in [0, 0.1) is 5.92 Å². The van der Waals surface area contributed by atoms with Gasteiger partial charge in [-0.2, -0.15) is 0 Å². The molecule has 2 aromatic carbocycles. The molecule has 3 atom stereocenters. The second kappa shape index (κ2) is 10.0. The summed E-state index contributed by atoms with van der Waals surface area (Å²) in [7, 11) is 0. The van der Waals surface area contributed by atoms with E-state index < -0.39 is 36.7 Å². The van der Waals surface area contributed by atoms with E-state index in [2.05, 4.69) is 22.8 Å². The van der Waals surface area contributed by atoms with Gasteiger partial charge in [-0.1, -0.05) is 48.5 Å². The van der Waals surface area contributed by atoms with E-state index in [1.54, 1.807) is 0 Å². The van der Waals surface area contributed by atoms with Crippen molar-refractivity contribution in [3.05, 3.63) is 59.7 Å². The van der Waals surface area contributed by atoms with Gasteiger partial charge in [-0.15, -0.1) is 0 Å². The molecule has 2 aromatic rings. The Labute approximate surface area is 190 Å². The molecule has 1 aliphatic heterocycles. The Morgan fingerprint density at radius 2 is 1.70 bits per heavy atom. The quantitative estimate of drug-likeness (QED) is 0.475. The molecule has 9 nitrogen and oxygen atoms in total. The normalized spacial score (nSPS) is 19.9. The Kier molecular flexibility index (Phi) is 6.90. The number of ether oxygens (including phenoxy) is 2. The zero-order chi connectivity index (χ0) is 23.4. The van der Waals surface area contributed by atoms with E-state index in [1.807, 2.05) is 36.4 Å². The van der Waals surface area contributed by atoms with Crippen molar-refractivity contribution in [3.8, 4) is 11.1 Å². The van der Waals surface area contributed by atoms with Crippen LogP contribution in [0.4, 0.5) is 4.79 Å². The Morgan fingerprint density at radius 1 is 1.06 bits per heavy atom. The first kappa shape index (κ1) is 22.8. The average molecular weight is 454 g/mol. The van der Waals surface area contributed by atoms with Gasteiger partial charge in [0.1, 0.15) is 18.8 Å². The summed E-state index contributed by atoms with van der Waals surface area (Å²) in [6.07, 6.45) is -0.979. The molecule has 33 heavy (non-hydrogen) atoms. The van der Waals surface area contributed by atoms with Gasteiger partial charge < -0.3 is 30.3 Å². The van der Waals surface area contributed by atoms with Gasteiger partial charge in [0.2, 0.25) is 5.91 Å². The highest BCUT2D eigenvalue weighted by Gasteiger charge is 2.36. The number of fused-ring (bicyclic) bond motifs is 3. The molecule has 0 saturated carbocycles. The molecule has 9 heteroatoms. The topological polar surface area (TPSA) is 134 Å². The standard InChI is InChI=1S/C24H26N2O7/c27-12-20(23(29)30)26-22(28)21-14(9-10-32-21)11-25-24(31)33-13-19-17-7-3-1-5-15(17)16-6-2-4-8-18(16)19/h1-8,14,19-21,27H,9-13H2,(H,25,31)(H,26,28)(H,29,30)/t14?,20-,21?/m1/s1. The molecule has 1 heterocycles. The maximum Gasteiger partial charge on any atom is 0.407 e. The predicted octanol–water partition coefficient (Wildman–Crippen LogP) is 1.49. The number of carboxylic acid groups (broad SMARTS) is 1. The van der Waals surface area contributed by atoms with Crippen molar-refractivity contribution in [2.75, 3.05) is 26.4 Å². The van der Waals surface area contributed by atoms with Gasteiger partial charge in [-0.25, -0.2) is 9.59 Å². The monoisotopic (exact) mass is 454 g/mol. The molecule has 0 bridgehead atoms. The average Bonchev–Trinajstić information content (AvgIpc) is 3.42. The van der Waals surface area contributed by atoms with Crippen LogP contribution in [-0.2, 0) is 19.1 Å². The molecule has 1 aliphatic carbocycles. The SMILES string of the molecule is O=C(NCC1CCOC1C(=O)N[C@H](CO)C(=O)O)OCC1c2ccccc2-c2ccccc21. The molecule has 174 valence electrons. The van der Waals surface area contributed by atoms with Gasteiger partial charge in [-0.05, 0) is 28.7 Å². The number of carbonyl (C=O) groups excluding carboxylic acids is 2. The minimum atomic E-state index is -1.41. The van der Waals surface area contributed by atoms with Gasteiger partial charge in [-0.3, -0.25) is 4.79 Å². The highest BCUT2D eigenvalue weighted by atomic mass is 16.5. The predicted molar refractivity (Wildman–Crippen MR) is 118 cm³/mol. The number of rotatable bonds is 8. The molecule has 2 amide bonds. The van der Waals surface area contributed by atoms with Gasteiger partial charge in [0.25, 0.3) is 0 Å². The number of benzene rings is 2. The lowest BCUT2D eigenvalue weighted by Crippen LogP contribution is -2.49. The van der Waals surface area contributed by atoms with Crippen molar-refractivity contribution in [3.63, 3.8) is 0 Å². The van der Waals surface area contributed by atoms with E-state index in [0.717, 1.165) is 22.3 Å². The van der Waals surface area contributed by atoms with Crippen LogP contribution in [0.2, 0.25) is 0 Å². The highest BCUT2D eigenvalue weighted by Crippen LogP contribution is 2.44. The lowest BCUT2D eigenvalue weighted by molar-refractivity contribution is -0.145. The van der Waals surface area contributed by atoms with Gasteiger partial charge in [0, 0.05) is 25.0 Å². The van der Waals surface area contributed by atoms with Crippen LogP contribution in [0.3, 0.4) is 0 Å². The zero-order valence-corrected chi connectivity index (χ0v) is 17.9. The number of carbonyl (C=O) groups is 3. The van der Waals surface area contributed by atoms with Crippen molar-refractivity contribution >= 4 is 18.0 Å². The van der Waals surface area contributed by atoms with Crippen LogP contribution >= 0.6 is 0 Å². The Bertz CT molecular complexity index is 995. The smallest absolute Gasteiger partial charge is 0.407 e. The number of amides is 2. The Hall–Kier alpha value is -3.43. The molecule has 1 saturated heterocycles. The van der Waals surface area contributed by atoms with Crippen molar-refractivity contribution in [1.29, 1.82) is 0 Å². The second-order valence-corrected chi connectivity index (χ2v) is 8.13. The van der Waals surface area contributed by atoms with Crippen LogP contribution in [0.25, 0.3) is 11.1 Å². The summed E-state index contributed by atoms with van der Waals surface area (Å²) in [5.41, 5.74) is 4.51. The minimum absolute atomic E-state index is 0.0528. The summed E-state index contributed by atoms with van der Waals surface area (Å²) in [5.74, 6) is -2.35. The number of carboxylic acids is 1. The van der Waals surface area contributed by atoms with E-state index in [-0.39, 0.29) is 25.0 Å². The van der Waals surface area contributed by atoms with Crippen LogP contribution in [0.5, 0.6) is 0 Å². The summed E-state index contributed by atoms with van der Waals surface area (Å²) < 4.78 is 10.9. The second-order valence-electron chi connectivity index (χ2n) is 8.13. The molecular formula is C24H26N2O7. The van der Waals surface area contributed by atoms with E-state index in [0.29, 0.717) is 13.0 Å². The molecule has 2 unspecified atom stereocenters. The van der Waals surface area contributed by atoms with Crippen LogP contribution in [0.15, 0.2) is 48.5 Å². The van der Waals surface area contributed by atoms with E-state index in [9.17, 15) is 14.4 Å². The molecular weight excluding hydrogens is 428 g/mol. The third-order valence-electron chi connectivity index (χ3n) is 6.12. The largest absolute Gasteiger partial charge is 0.480 e. The first-order valence-corrected chi connectivity index (χ1v) is 10.8. The van der Waals surface area contributed by atoms with E-state index in [4.69, 9.17) is 19.7 Å². The summed E-state index contributed by atoms with van der Waals surface area (Å²) in [4.78, 5) is 35.8. The number of hydrogen-bond donors (Lipinski definition) is 4. The van der Waals surface area contributed by atoms with Gasteiger partial charge in [0.05, 0.1) is 6.61 Å². The van der Waals surface area contributed by atoms with Crippen LogP contribution < -0.4 is 10.6 Å². The zero-order valence-electron chi connectivity index (χ0n) is 17.9. The lowest BCUT2D eigenvalue weighted by Gasteiger charge is -2.21. The molecule has 1 fully saturated rings. The van der Waals surface area contributed by atoms with Crippen LogP contribution in [-0.4, -0.2) is 66.7 Å². The molecule has 4 N–H and O–H groups in total. The van der Waals surface area contributed by atoms with Gasteiger partial charge >= 0.3 is 12.1 Å². The number of aliphatic hydroxyl groups is 1. The first-order valence-electron chi connectivity index (χ1n) is 10.8. The lowest BCUT2D eigenvalue weighted by atomic mass is 9.98. The number of nitrogens with one attached hydrogen (secondary N) is 2. The van der Waals surface area contributed by atoms with Crippen molar-refractivity contribution in [1.82, 2.24) is 10.6 Å². The van der Waals surface area contributed by atoms with Crippen molar-refractivity contribution < 1.29 is 34.1 Å². The molecule has 0 spiro atoms. The third kappa shape index (κ3) is 4.84. The molecule has 0 aromatic heterocycles. The number of hydrogen-bond acceptors (Lipinski definition) is 6. The third-order valence-corrected chi connectivity index (χ3v) is 6.12. The van der Waals surface area contributed by atoms with E-state index in [1.165, 1.54) is 0 Å². The molecule has 2 aliphatic rings. The number of aliphatic hydroxyl groups excluding tert-OH is 1. The first-order chi connectivity index (χ1) is 16.0. The number of alkyl carbamates (subject to hydrolysis) is 1. The Balaban J connectivity index is 1.31. The summed E-state index contributed by atoms with van der Waals surface area (Å²) in [5, 5.41) is 23.0. The molecule has 0 radical (unpaired) electrons. The van der Waals surface area contributed by atoms with Gasteiger partial charge in [0.15, 0.2) is 0 Å². The molecule has 4 rings (SSSR count). The minimum Gasteiger partial charge on any atom is -0.480 e. The van der Waals surface area contributed by atoms with Crippen molar-refractivity contribution in [2.45, 2.75) is 24.5 Å². The van der Waals surface area contributed by atoms with E-state index >= 15 is 0 Å². The number of aliphatic carboxylic acids is 1. The summed E-state index contributed by atoms with van der Waals surface area (Å²) in [6.45, 7) is -0.0875. The maximum atomic E-state index is 12.4. The highest BCUT2D eigenvalue weighted by molar-refractivity contribution is 5.87. The summed E-state index contributed by atoms with van der Waals surface area (Å²) in [6, 6.07) is 14.7. The van der Waals surface area contributed by atoms with Crippen LogP contribution in [0.1, 0.15) is 23.5 Å². The summed E-state index contributed by atoms with van der Waals surface area (Å²) >= 11 is 0. The fourth-order valence-corrected chi connectivity index (χ4v) is 4.44. The fraction of sp³-hybridized carbons (Fsp3) is 0.375.